The van der Waals surface area contributed by atoms with Crippen molar-refractivity contribution in [2.75, 3.05) is 74.1 Å². The minimum absolute atomic E-state index is 0.00644. The maximum absolute atomic E-state index is 14.3. The van der Waals surface area contributed by atoms with Crippen LogP contribution in [0.2, 0.25) is 0 Å². The molecule has 1 unspecified atom stereocenters. The summed E-state index contributed by atoms with van der Waals surface area (Å²) < 4.78 is 40.8. The molecule has 1 aromatic carbocycles. The number of amides is 3. The maximum atomic E-state index is 14.3. The molecule has 6 aliphatic rings. The average Bonchev–Trinajstić information content (AvgIpc) is 4.17. The number of nitrogens with one attached hydrogen (secondary N) is 2. The molecule has 4 aromatic heterocycles. The number of hydrogen-bond acceptors (Lipinski definition) is 12. The molecule has 20 heteroatoms. The van der Waals surface area contributed by atoms with Gasteiger partial charge in [0.1, 0.15) is 17.4 Å². The van der Waals surface area contributed by atoms with Crippen LogP contribution in [0.4, 0.5) is 26.0 Å². The van der Waals surface area contributed by atoms with Gasteiger partial charge in [-0.25, -0.2) is 23.1 Å². The third-order valence-electron chi connectivity index (χ3n) is 15.0. The van der Waals surface area contributed by atoms with Crippen LogP contribution in [0, 0.1) is 5.92 Å². The Balaban J connectivity index is 0.663. The van der Waals surface area contributed by atoms with Gasteiger partial charge in [0.15, 0.2) is 11.3 Å². The molecule has 3 atom stereocenters. The lowest BCUT2D eigenvalue weighted by molar-refractivity contribution is -0.135. The van der Waals surface area contributed by atoms with E-state index in [-0.39, 0.29) is 47.5 Å². The van der Waals surface area contributed by atoms with Gasteiger partial charge in [0.2, 0.25) is 11.8 Å². The summed E-state index contributed by atoms with van der Waals surface area (Å²) in [6.45, 7) is 8.01. The summed E-state index contributed by atoms with van der Waals surface area (Å²) in [7, 11) is 1.75. The first-order valence-corrected chi connectivity index (χ1v) is 23.2. The smallest absolute Gasteiger partial charge is 0.329 e. The van der Waals surface area contributed by atoms with Gasteiger partial charge in [-0.3, -0.25) is 38.4 Å². The van der Waals surface area contributed by atoms with Crippen molar-refractivity contribution in [1.82, 2.24) is 48.6 Å². The Kier molecular flexibility index (Phi) is 10.9. The number of imidazole rings is 1. The highest BCUT2D eigenvalue weighted by molar-refractivity contribution is 6.08. The number of nitrogens with zero attached hydrogens (tertiary/aromatic N) is 11. The van der Waals surface area contributed by atoms with Crippen LogP contribution in [0.1, 0.15) is 92.3 Å². The Morgan fingerprint density at radius 3 is 2.48 bits per heavy atom. The van der Waals surface area contributed by atoms with Crippen LogP contribution in [-0.2, 0) is 21.4 Å². The summed E-state index contributed by atoms with van der Waals surface area (Å²) in [6, 6.07) is 7.77. The molecule has 11 rings (SSSR count). The first kappa shape index (κ1) is 41.9. The largest absolute Gasteiger partial charge is 0.374 e. The zero-order valence-electron chi connectivity index (χ0n) is 36.5. The van der Waals surface area contributed by atoms with Crippen molar-refractivity contribution in [2.24, 2.45) is 13.0 Å². The molecule has 2 N–H and O–H groups in total. The number of halogens is 2. The topological polar surface area (TPSA) is 172 Å². The van der Waals surface area contributed by atoms with Gasteiger partial charge in [-0.1, -0.05) is 6.07 Å². The Morgan fingerprint density at radius 2 is 1.75 bits per heavy atom. The van der Waals surface area contributed by atoms with Gasteiger partial charge in [-0.15, -0.1) is 0 Å². The number of alkyl halides is 2. The number of morpholine rings is 1. The Hall–Kier alpha value is -5.73. The number of anilines is 3. The number of fused-ring (bicyclic) bond motifs is 4. The Morgan fingerprint density at radius 1 is 0.954 bits per heavy atom. The number of piperidine rings is 2. The highest BCUT2D eigenvalue weighted by Gasteiger charge is 2.40. The van der Waals surface area contributed by atoms with E-state index in [4.69, 9.17) is 9.72 Å². The number of benzene rings is 1. The normalized spacial score (nSPS) is 26.0. The van der Waals surface area contributed by atoms with E-state index in [9.17, 15) is 28.0 Å². The molecule has 9 heterocycles. The van der Waals surface area contributed by atoms with Crippen LogP contribution in [-0.4, -0.2) is 138 Å². The number of ether oxygens (including phenoxy) is 1. The number of aryl methyl sites for hydroxylation is 1. The predicted octanol–water partition coefficient (Wildman–Crippen LogP) is 3.74. The zero-order chi connectivity index (χ0) is 44.5. The van der Waals surface area contributed by atoms with Crippen LogP contribution >= 0.6 is 0 Å². The van der Waals surface area contributed by atoms with Gasteiger partial charge in [0.05, 0.1) is 53.4 Å². The summed E-state index contributed by atoms with van der Waals surface area (Å²) in [5.41, 5.74) is 2.37. The quantitative estimate of drug-likeness (QED) is 0.195. The second-order valence-corrected chi connectivity index (χ2v) is 18.8. The van der Waals surface area contributed by atoms with Gasteiger partial charge >= 0.3 is 5.69 Å². The van der Waals surface area contributed by atoms with Gasteiger partial charge in [-0.2, -0.15) is 10.2 Å². The molecule has 18 nitrogen and oxygen atoms in total. The molecule has 0 radical (unpaired) electrons. The lowest BCUT2D eigenvalue weighted by atomic mass is 9.85. The second-order valence-electron chi connectivity index (χ2n) is 18.8. The fourth-order valence-corrected chi connectivity index (χ4v) is 11.6. The van der Waals surface area contributed by atoms with Crippen LogP contribution in [0.25, 0.3) is 16.7 Å². The number of aromatic nitrogens is 7. The van der Waals surface area contributed by atoms with Crippen molar-refractivity contribution >= 4 is 51.6 Å². The fraction of sp³-hybridized carbons (Fsp3) is 0.578. The van der Waals surface area contributed by atoms with E-state index in [0.717, 1.165) is 114 Å². The van der Waals surface area contributed by atoms with Crippen LogP contribution in [0.3, 0.4) is 0 Å². The SMILES string of the molecule is Cn1c(=O)n(C2CCC(=O)NC2=O)c2cccc(N3CCN(C4CCN(C[C@H]5CC[C@H](n6cc(NC(=O)c7cnn8ccc(N9C[C@H]%10C[C@@H]9CO%10)nc78)c(C(F)F)n6)CC5)CC4)CC3)c21. The first-order chi connectivity index (χ1) is 31.6. The van der Waals surface area contributed by atoms with Gasteiger partial charge in [0, 0.05) is 71.2 Å². The molecular formula is C45H55F2N13O5. The molecular weight excluding hydrogens is 841 g/mol. The van der Waals surface area contributed by atoms with E-state index < -0.39 is 30.0 Å². The van der Waals surface area contributed by atoms with E-state index in [2.05, 4.69) is 46.5 Å². The highest BCUT2D eigenvalue weighted by atomic mass is 19.3. The number of para-hydroxylation sites is 1. The maximum Gasteiger partial charge on any atom is 0.329 e. The van der Waals surface area contributed by atoms with Crippen molar-refractivity contribution in [1.29, 1.82) is 0 Å². The van der Waals surface area contributed by atoms with Gasteiger partial charge < -0.3 is 24.8 Å². The Bertz CT molecular complexity index is 2690. The molecule has 1 saturated carbocycles. The minimum Gasteiger partial charge on any atom is -0.374 e. The van der Waals surface area contributed by atoms with Crippen molar-refractivity contribution in [2.45, 2.75) is 94.5 Å². The molecule has 1 aliphatic carbocycles. The molecule has 65 heavy (non-hydrogen) atoms. The first-order valence-electron chi connectivity index (χ1n) is 23.2. The summed E-state index contributed by atoms with van der Waals surface area (Å²) in [5.74, 6) is -0.0364. The lowest BCUT2D eigenvalue weighted by Gasteiger charge is -2.44. The van der Waals surface area contributed by atoms with E-state index in [1.807, 2.05) is 18.2 Å². The lowest BCUT2D eigenvalue weighted by Crippen LogP contribution is -2.53. The van der Waals surface area contributed by atoms with E-state index >= 15 is 0 Å². The molecule has 5 saturated heterocycles. The minimum atomic E-state index is -2.85. The van der Waals surface area contributed by atoms with Crippen molar-refractivity contribution in [3.63, 3.8) is 0 Å². The number of likely N-dealkylation sites (tertiary alicyclic amines) is 1. The third-order valence-corrected chi connectivity index (χ3v) is 15.0. The molecule has 5 aromatic rings. The van der Waals surface area contributed by atoms with Crippen molar-refractivity contribution in [3.8, 4) is 0 Å². The number of piperazine rings is 1. The number of rotatable bonds is 10. The summed E-state index contributed by atoms with van der Waals surface area (Å²) in [4.78, 5) is 66.1. The molecule has 5 aliphatic heterocycles. The molecule has 6 fully saturated rings. The summed E-state index contributed by atoms with van der Waals surface area (Å²) in [6.07, 6.45) is 9.36. The van der Waals surface area contributed by atoms with Crippen molar-refractivity contribution in [3.05, 3.63) is 64.6 Å². The van der Waals surface area contributed by atoms with E-state index in [1.54, 1.807) is 33.3 Å². The monoisotopic (exact) mass is 895 g/mol. The standard InChI is InChI=1S/C45H55F2N13O5/c1-53-40-34(3-2-4-35(40)60(45(53)64)36-9-10-38(61)51-44(36)63)56-19-17-55(18-20-56)28-11-14-54(15-12-28)23-27-5-7-29(8-6-27)59-25-33(39(52-59)41(46)47)49-43(62)32-22-48-58-16-13-37(50-42(32)58)57-24-31-21-30(57)26-65-31/h2-4,13,16,22,25,27-31,36,41H,5-12,14-15,17-21,23-24,26H2,1H3,(H,49,62)(H,51,61,63)/t27-,29-,30-,31-,36?/m1/s1. The molecule has 2 bridgehead atoms. The van der Waals surface area contributed by atoms with E-state index in [1.165, 1.54) is 10.7 Å². The van der Waals surface area contributed by atoms with Gasteiger partial charge in [0.25, 0.3) is 12.3 Å². The van der Waals surface area contributed by atoms with Crippen molar-refractivity contribution < 1.29 is 27.9 Å². The third kappa shape index (κ3) is 7.75. The van der Waals surface area contributed by atoms with Crippen LogP contribution in [0.5, 0.6) is 0 Å². The number of hydrogen-bond donors (Lipinski definition) is 2. The summed E-state index contributed by atoms with van der Waals surface area (Å²) in [5, 5.41) is 13.7. The summed E-state index contributed by atoms with van der Waals surface area (Å²) >= 11 is 0. The average molecular weight is 896 g/mol. The second kappa shape index (κ2) is 16.9. The molecule has 344 valence electrons. The Labute approximate surface area is 373 Å². The van der Waals surface area contributed by atoms with Gasteiger partial charge in [-0.05, 0) is 88.6 Å². The molecule has 0 spiro atoms. The van der Waals surface area contributed by atoms with Crippen LogP contribution < -0.4 is 26.1 Å². The van der Waals surface area contributed by atoms with Crippen LogP contribution in [0.15, 0.2) is 47.7 Å². The highest BCUT2D eigenvalue weighted by Crippen LogP contribution is 2.37. The zero-order valence-corrected chi connectivity index (χ0v) is 36.5. The predicted molar refractivity (Wildman–Crippen MR) is 236 cm³/mol. The number of carbonyl (C=O) groups excluding carboxylic acids is 3. The molecule has 3 amide bonds. The van der Waals surface area contributed by atoms with E-state index in [0.29, 0.717) is 36.2 Å². The number of carbonyl (C=O) groups is 3. The number of imide groups is 1. The fourth-order valence-electron chi connectivity index (χ4n) is 11.6.